The maximum absolute atomic E-state index is 8.09. The minimum absolute atomic E-state index is 0.0278. The van der Waals surface area contributed by atoms with E-state index in [9.17, 15) is 0 Å². The lowest BCUT2D eigenvalue weighted by molar-refractivity contribution is 0.0650. The molecule has 4 nitrogen and oxygen atoms in total. The van der Waals surface area contributed by atoms with E-state index < -0.39 is 0 Å². The molecule has 2 rings (SSSR count). The van der Waals surface area contributed by atoms with E-state index in [2.05, 4.69) is 4.74 Å². The van der Waals surface area contributed by atoms with Gasteiger partial charge in [0.2, 0.25) is 0 Å². The number of para-hydroxylation sites is 2. The number of ether oxygens (including phenoxy) is 2. The summed E-state index contributed by atoms with van der Waals surface area (Å²) in [5, 5.41) is 16.2. The summed E-state index contributed by atoms with van der Waals surface area (Å²) in [6.07, 6.45) is 0. The van der Waals surface area contributed by atoms with E-state index >= 15 is 0 Å². The van der Waals surface area contributed by atoms with Gasteiger partial charge in [0.05, 0.1) is 26.4 Å². The molecule has 0 bridgehead atoms. The first-order chi connectivity index (χ1) is 10.7. The summed E-state index contributed by atoms with van der Waals surface area (Å²) in [4.78, 5) is 0. The van der Waals surface area contributed by atoms with Gasteiger partial charge in [-0.3, -0.25) is 0 Å². The van der Waals surface area contributed by atoms with E-state index in [-0.39, 0.29) is 13.2 Å². The highest BCUT2D eigenvalue weighted by molar-refractivity contribution is 5.40. The second-order valence-electron chi connectivity index (χ2n) is 4.69. The maximum Gasteiger partial charge on any atom is 0.130 e. The Morgan fingerprint density at radius 1 is 0.727 bits per heavy atom. The van der Waals surface area contributed by atoms with Crippen LogP contribution in [0, 0.1) is 13.8 Å². The molecule has 0 aromatic heterocycles. The van der Waals surface area contributed by atoms with Gasteiger partial charge in [0, 0.05) is 0 Å². The van der Waals surface area contributed by atoms with Crippen LogP contribution in [-0.2, 0) is 4.74 Å². The van der Waals surface area contributed by atoms with Gasteiger partial charge in [0.1, 0.15) is 11.5 Å². The van der Waals surface area contributed by atoms with Gasteiger partial charge in [-0.1, -0.05) is 36.4 Å². The SMILES string of the molecule is Cc1ccccc1Oc1ccccc1C.OCCOCCO. The third-order valence-electron chi connectivity index (χ3n) is 2.88. The summed E-state index contributed by atoms with van der Waals surface area (Å²) >= 11 is 0. The van der Waals surface area contributed by atoms with Crippen LogP contribution in [-0.4, -0.2) is 36.6 Å². The number of rotatable bonds is 6. The standard InChI is InChI=1S/C14H14O.C4H10O3/c1-11-7-3-5-9-13(11)15-14-10-6-4-8-12(14)2;5-1-3-7-4-2-6/h3-10H,1-2H3;5-6H,1-4H2. The molecule has 22 heavy (non-hydrogen) atoms. The van der Waals surface area contributed by atoms with Crippen LogP contribution in [0.15, 0.2) is 48.5 Å². The summed E-state index contributed by atoms with van der Waals surface area (Å²) in [6.45, 7) is 4.79. The monoisotopic (exact) mass is 304 g/mol. The number of hydrogen-bond donors (Lipinski definition) is 2. The highest BCUT2D eigenvalue weighted by atomic mass is 16.5. The first-order valence-electron chi connectivity index (χ1n) is 7.27. The first kappa shape index (κ1) is 18.2. The van der Waals surface area contributed by atoms with Crippen molar-refractivity contribution in [1.29, 1.82) is 0 Å². The van der Waals surface area contributed by atoms with E-state index in [0.29, 0.717) is 13.2 Å². The highest BCUT2D eigenvalue weighted by Crippen LogP contribution is 2.26. The van der Waals surface area contributed by atoms with Crippen molar-refractivity contribution in [1.82, 2.24) is 0 Å². The zero-order valence-electron chi connectivity index (χ0n) is 13.2. The van der Waals surface area contributed by atoms with Gasteiger partial charge in [-0.05, 0) is 37.1 Å². The van der Waals surface area contributed by atoms with Gasteiger partial charge >= 0.3 is 0 Å². The molecule has 2 N–H and O–H groups in total. The Morgan fingerprint density at radius 3 is 1.50 bits per heavy atom. The molecule has 0 aliphatic rings. The van der Waals surface area contributed by atoms with Crippen LogP contribution in [0.2, 0.25) is 0 Å². The van der Waals surface area contributed by atoms with Crippen LogP contribution >= 0.6 is 0 Å². The molecule has 4 heteroatoms. The first-order valence-corrected chi connectivity index (χ1v) is 7.27. The zero-order chi connectivity index (χ0) is 16.2. The molecule has 2 aromatic rings. The second kappa shape index (κ2) is 10.8. The van der Waals surface area contributed by atoms with Crippen LogP contribution in [0.25, 0.3) is 0 Å². The molecule has 0 saturated carbocycles. The molecule has 0 radical (unpaired) electrons. The molecule has 2 aromatic carbocycles. The Balaban J connectivity index is 0.000000295. The third kappa shape index (κ3) is 6.72. The summed E-state index contributed by atoms with van der Waals surface area (Å²) < 4.78 is 10.5. The number of aliphatic hydroxyl groups excluding tert-OH is 2. The van der Waals surface area contributed by atoms with Gasteiger partial charge in [-0.15, -0.1) is 0 Å². The smallest absolute Gasteiger partial charge is 0.130 e. The van der Waals surface area contributed by atoms with Crippen LogP contribution in [0.1, 0.15) is 11.1 Å². The quantitative estimate of drug-likeness (QED) is 0.805. The maximum atomic E-state index is 8.09. The van der Waals surface area contributed by atoms with E-state index in [4.69, 9.17) is 14.9 Å². The summed E-state index contributed by atoms with van der Waals surface area (Å²) in [7, 11) is 0. The summed E-state index contributed by atoms with van der Waals surface area (Å²) in [5.41, 5.74) is 2.31. The molecule has 0 amide bonds. The van der Waals surface area contributed by atoms with Crippen molar-refractivity contribution in [2.45, 2.75) is 13.8 Å². The molecular formula is C18H24O4. The Hall–Kier alpha value is -1.88. The Kier molecular flexibility index (Phi) is 8.91. The van der Waals surface area contributed by atoms with Crippen LogP contribution in [0.4, 0.5) is 0 Å². The molecule has 0 spiro atoms. The predicted molar refractivity (Wildman–Crippen MR) is 87.4 cm³/mol. The largest absolute Gasteiger partial charge is 0.457 e. The minimum Gasteiger partial charge on any atom is -0.457 e. The predicted octanol–water partition coefficient (Wildman–Crippen LogP) is 3.08. The van der Waals surface area contributed by atoms with Crippen molar-refractivity contribution in [3.8, 4) is 11.5 Å². The van der Waals surface area contributed by atoms with Crippen LogP contribution in [0.3, 0.4) is 0 Å². The molecule has 0 saturated heterocycles. The van der Waals surface area contributed by atoms with E-state index in [1.54, 1.807) is 0 Å². The average Bonchev–Trinajstić information content (AvgIpc) is 2.53. The van der Waals surface area contributed by atoms with Gasteiger partial charge in [-0.25, -0.2) is 0 Å². The molecule has 120 valence electrons. The van der Waals surface area contributed by atoms with Crippen LogP contribution < -0.4 is 4.74 Å². The van der Waals surface area contributed by atoms with Gasteiger partial charge < -0.3 is 19.7 Å². The van der Waals surface area contributed by atoms with Crippen molar-refractivity contribution in [2.75, 3.05) is 26.4 Å². The molecule has 0 aliphatic heterocycles. The highest BCUT2D eigenvalue weighted by Gasteiger charge is 2.01. The molecule has 0 aliphatic carbocycles. The Morgan fingerprint density at radius 2 is 1.14 bits per heavy atom. The van der Waals surface area contributed by atoms with E-state index in [1.165, 1.54) is 0 Å². The lowest BCUT2D eigenvalue weighted by atomic mass is 10.2. The van der Waals surface area contributed by atoms with Crippen molar-refractivity contribution < 1.29 is 19.7 Å². The summed E-state index contributed by atoms with van der Waals surface area (Å²) in [5.74, 6) is 1.85. The number of benzene rings is 2. The molecule has 0 atom stereocenters. The van der Waals surface area contributed by atoms with Crippen molar-refractivity contribution in [3.63, 3.8) is 0 Å². The van der Waals surface area contributed by atoms with Gasteiger partial charge in [0.25, 0.3) is 0 Å². The van der Waals surface area contributed by atoms with E-state index in [1.807, 2.05) is 62.4 Å². The summed E-state index contributed by atoms with van der Waals surface area (Å²) in [6, 6.07) is 16.1. The average molecular weight is 304 g/mol. The van der Waals surface area contributed by atoms with Crippen molar-refractivity contribution >= 4 is 0 Å². The lowest BCUT2D eigenvalue weighted by Crippen LogP contribution is -2.03. The second-order valence-corrected chi connectivity index (χ2v) is 4.69. The van der Waals surface area contributed by atoms with Crippen molar-refractivity contribution in [2.24, 2.45) is 0 Å². The van der Waals surface area contributed by atoms with Crippen molar-refractivity contribution in [3.05, 3.63) is 59.7 Å². The molecule has 0 fully saturated rings. The lowest BCUT2D eigenvalue weighted by Gasteiger charge is -2.10. The zero-order valence-corrected chi connectivity index (χ0v) is 13.2. The van der Waals surface area contributed by atoms with Gasteiger partial charge in [0.15, 0.2) is 0 Å². The number of hydrogen-bond acceptors (Lipinski definition) is 4. The normalized spacial score (nSPS) is 9.82. The molecular weight excluding hydrogens is 280 g/mol. The number of aliphatic hydroxyl groups is 2. The van der Waals surface area contributed by atoms with Crippen LogP contribution in [0.5, 0.6) is 11.5 Å². The third-order valence-corrected chi connectivity index (χ3v) is 2.88. The fraction of sp³-hybridized carbons (Fsp3) is 0.333. The fourth-order valence-electron chi connectivity index (χ4n) is 1.69. The van der Waals surface area contributed by atoms with E-state index in [0.717, 1.165) is 22.6 Å². The molecule has 0 unspecified atom stereocenters. The topological polar surface area (TPSA) is 58.9 Å². The Labute approximate surface area is 131 Å². The van der Waals surface area contributed by atoms with Gasteiger partial charge in [-0.2, -0.15) is 0 Å². The Bertz CT molecular complexity index is 493. The number of aryl methyl sites for hydroxylation is 2. The minimum atomic E-state index is 0.0278. The molecule has 0 heterocycles. The fourth-order valence-corrected chi connectivity index (χ4v) is 1.69.